The van der Waals surface area contributed by atoms with Crippen molar-refractivity contribution in [1.82, 2.24) is 9.78 Å². The Hall–Kier alpha value is -1.13. The van der Waals surface area contributed by atoms with Gasteiger partial charge < -0.3 is 5.11 Å². The van der Waals surface area contributed by atoms with Gasteiger partial charge in [0.2, 0.25) is 0 Å². The highest BCUT2D eigenvalue weighted by Gasteiger charge is 2.11. The van der Waals surface area contributed by atoms with E-state index >= 15 is 0 Å². The van der Waals surface area contributed by atoms with Crippen LogP contribution in [0.2, 0.25) is 0 Å². The summed E-state index contributed by atoms with van der Waals surface area (Å²) in [5, 5.41) is 13.6. The van der Waals surface area contributed by atoms with Crippen LogP contribution in [0.25, 0.3) is 5.69 Å². The van der Waals surface area contributed by atoms with E-state index < -0.39 is 0 Å². The molecule has 0 radical (unpaired) electrons. The van der Waals surface area contributed by atoms with Crippen LogP contribution in [-0.2, 0) is 6.61 Å². The van der Waals surface area contributed by atoms with Gasteiger partial charge in [-0.05, 0) is 60.0 Å². The van der Waals surface area contributed by atoms with Crippen molar-refractivity contribution >= 4 is 15.9 Å². The predicted octanol–water partition coefficient (Wildman–Crippen LogP) is 3.05. The lowest BCUT2D eigenvalue weighted by atomic mass is 10.2. The average Bonchev–Trinajstić information content (AvgIpc) is 2.57. The minimum absolute atomic E-state index is 0.0506. The summed E-state index contributed by atoms with van der Waals surface area (Å²) in [6, 6.07) is 5.79. The Bertz CT molecular complexity index is 561. The molecule has 3 nitrogen and oxygen atoms in total. The van der Waals surface area contributed by atoms with Crippen LogP contribution >= 0.6 is 15.9 Å². The smallest absolute Gasteiger partial charge is 0.0791 e. The summed E-state index contributed by atoms with van der Waals surface area (Å²) < 4.78 is 2.87. The number of rotatable bonds is 2. The third kappa shape index (κ3) is 2.15. The fourth-order valence-corrected chi connectivity index (χ4v) is 2.37. The molecule has 4 heteroatoms. The summed E-state index contributed by atoms with van der Waals surface area (Å²) in [5.74, 6) is 0. The number of aliphatic hydroxyl groups excluding tert-OH is 1. The zero-order valence-electron chi connectivity index (χ0n) is 10.2. The number of aryl methyl sites for hydroxylation is 1. The number of aliphatic hydroxyl groups is 1. The quantitative estimate of drug-likeness (QED) is 0.924. The molecule has 1 N–H and O–H groups in total. The van der Waals surface area contributed by atoms with E-state index in [-0.39, 0.29) is 6.61 Å². The second kappa shape index (κ2) is 4.63. The molecule has 17 heavy (non-hydrogen) atoms. The minimum atomic E-state index is 0.0506. The number of hydrogen-bond donors (Lipinski definition) is 1. The molecule has 0 bridgehead atoms. The average molecular weight is 295 g/mol. The number of aromatic nitrogens is 2. The van der Waals surface area contributed by atoms with Crippen LogP contribution < -0.4 is 0 Å². The predicted molar refractivity (Wildman–Crippen MR) is 71.4 cm³/mol. The molecule has 0 saturated carbocycles. The number of nitrogens with zero attached hydrogens (tertiary/aromatic N) is 2. The van der Waals surface area contributed by atoms with Gasteiger partial charge in [-0.3, -0.25) is 0 Å². The molecule has 0 fully saturated rings. The van der Waals surface area contributed by atoms with Crippen molar-refractivity contribution in [1.29, 1.82) is 0 Å². The van der Waals surface area contributed by atoms with Crippen molar-refractivity contribution in [3.05, 3.63) is 45.2 Å². The van der Waals surface area contributed by atoms with E-state index in [4.69, 9.17) is 5.11 Å². The lowest BCUT2D eigenvalue weighted by Gasteiger charge is -2.08. The molecule has 0 aliphatic heterocycles. The standard InChI is InChI=1S/C13H15BrN2O/c1-8-9(2)15-16(10(8)3)13-5-4-11(7-17)6-12(13)14/h4-6,17H,7H2,1-3H3. The van der Waals surface area contributed by atoms with E-state index in [1.807, 2.05) is 29.8 Å². The minimum Gasteiger partial charge on any atom is -0.392 e. The molecule has 0 amide bonds. The Morgan fingerprint density at radius 2 is 2.00 bits per heavy atom. The van der Waals surface area contributed by atoms with Gasteiger partial charge in [0.1, 0.15) is 0 Å². The molecule has 1 aromatic heterocycles. The Morgan fingerprint density at radius 3 is 2.47 bits per heavy atom. The van der Waals surface area contributed by atoms with Crippen LogP contribution in [0.3, 0.4) is 0 Å². The molecule has 2 aromatic rings. The first-order chi connectivity index (χ1) is 8.04. The summed E-state index contributed by atoms with van der Waals surface area (Å²) in [6.45, 7) is 6.19. The molecule has 1 aromatic carbocycles. The third-order valence-electron chi connectivity index (χ3n) is 3.08. The van der Waals surface area contributed by atoms with Crippen molar-refractivity contribution in [2.45, 2.75) is 27.4 Å². The van der Waals surface area contributed by atoms with Crippen LogP contribution in [0.15, 0.2) is 22.7 Å². The summed E-state index contributed by atoms with van der Waals surface area (Å²) in [6.07, 6.45) is 0. The van der Waals surface area contributed by atoms with Crippen LogP contribution in [0.1, 0.15) is 22.5 Å². The van der Waals surface area contributed by atoms with E-state index in [2.05, 4.69) is 34.9 Å². The molecular weight excluding hydrogens is 280 g/mol. The highest BCUT2D eigenvalue weighted by Crippen LogP contribution is 2.25. The van der Waals surface area contributed by atoms with Crippen molar-refractivity contribution in [2.24, 2.45) is 0 Å². The number of halogens is 1. The zero-order valence-corrected chi connectivity index (χ0v) is 11.7. The Morgan fingerprint density at radius 1 is 1.29 bits per heavy atom. The molecule has 0 unspecified atom stereocenters. The van der Waals surface area contributed by atoms with Gasteiger partial charge >= 0.3 is 0 Å². The van der Waals surface area contributed by atoms with Gasteiger partial charge in [-0.15, -0.1) is 0 Å². The van der Waals surface area contributed by atoms with Gasteiger partial charge in [-0.1, -0.05) is 6.07 Å². The fraction of sp³-hybridized carbons (Fsp3) is 0.308. The zero-order chi connectivity index (χ0) is 12.6. The van der Waals surface area contributed by atoms with Crippen LogP contribution in [-0.4, -0.2) is 14.9 Å². The molecule has 0 aliphatic rings. The molecular formula is C13H15BrN2O. The lowest BCUT2D eigenvalue weighted by molar-refractivity contribution is 0.282. The largest absolute Gasteiger partial charge is 0.392 e. The first-order valence-corrected chi connectivity index (χ1v) is 6.26. The topological polar surface area (TPSA) is 38.0 Å². The van der Waals surface area contributed by atoms with Gasteiger partial charge in [0, 0.05) is 10.2 Å². The van der Waals surface area contributed by atoms with Crippen LogP contribution in [0.4, 0.5) is 0 Å². The Balaban J connectivity index is 2.57. The van der Waals surface area contributed by atoms with Crippen LogP contribution in [0, 0.1) is 20.8 Å². The van der Waals surface area contributed by atoms with Crippen molar-refractivity contribution in [3.63, 3.8) is 0 Å². The van der Waals surface area contributed by atoms with E-state index in [0.29, 0.717) is 0 Å². The molecule has 0 spiro atoms. The first kappa shape index (κ1) is 12.3. The Labute approximate surface area is 109 Å². The molecule has 0 aliphatic carbocycles. The van der Waals surface area contributed by atoms with Crippen molar-refractivity contribution < 1.29 is 5.11 Å². The highest BCUT2D eigenvalue weighted by atomic mass is 79.9. The number of hydrogen-bond acceptors (Lipinski definition) is 2. The van der Waals surface area contributed by atoms with Crippen molar-refractivity contribution in [2.75, 3.05) is 0 Å². The molecule has 1 heterocycles. The van der Waals surface area contributed by atoms with Gasteiger partial charge in [0.15, 0.2) is 0 Å². The second-order valence-corrected chi connectivity index (χ2v) is 5.01. The molecule has 0 saturated heterocycles. The van der Waals surface area contributed by atoms with E-state index in [1.165, 1.54) is 5.56 Å². The lowest BCUT2D eigenvalue weighted by Crippen LogP contribution is -2.01. The summed E-state index contributed by atoms with van der Waals surface area (Å²) in [5.41, 5.74) is 5.28. The maximum atomic E-state index is 9.08. The normalized spacial score (nSPS) is 10.9. The van der Waals surface area contributed by atoms with Gasteiger partial charge in [-0.2, -0.15) is 5.10 Å². The van der Waals surface area contributed by atoms with E-state index in [0.717, 1.165) is 27.1 Å². The maximum absolute atomic E-state index is 9.08. The second-order valence-electron chi connectivity index (χ2n) is 4.15. The SMILES string of the molecule is Cc1nn(-c2ccc(CO)cc2Br)c(C)c1C. The maximum Gasteiger partial charge on any atom is 0.0791 e. The molecule has 90 valence electrons. The summed E-state index contributed by atoms with van der Waals surface area (Å²) >= 11 is 3.52. The fourth-order valence-electron chi connectivity index (χ4n) is 1.78. The van der Waals surface area contributed by atoms with E-state index in [1.54, 1.807) is 0 Å². The van der Waals surface area contributed by atoms with Crippen LogP contribution in [0.5, 0.6) is 0 Å². The monoisotopic (exact) mass is 294 g/mol. The van der Waals surface area contributed by atoms with Gasteiger partial charge in [0.25, 0.3) is 0 Å². The molecule has 2 rings (SSSR count). The summed E-state index contributed by atoms with van der Waals surface area (Å²) in [7, 11) is 0. The van der Waals surface area contributed by atoms with Gasteiger partial charge in [-0.25, -0.2) is 4.68 Å². The Kier molecular flexibility index (Phi) is 3.35. The molecule has 0 atom stereocenters. The highest BCUT2D eigenvalue weighted by molar-refractivity contribution is 9.10. The number of benzene rings is 1. The van der Waals surface area contributed by atoms with Crippen molar-refractivity contribution in [3.8, 4) is 5.69 Å². The first-order valence-electron chi connectivity index (χ1n) is 5.47. The summed E-state index contributed by atoms with van der Waals surface area (Å²) in [4.78, 5) is 0. The van der Waals surface area contributed by atoms with Gasteiger partial charge in [0.05, 0.1) is 18.0 Å². The van der Waals surface area contributed by atoms with E-state index in [9.17, 15) is 0 Å². The third-order valence-corrected chi connectivity index (χ3v) is 3.71.